The van der Waals surface area contributed by atoms with Crippen molar-refractivity contribution >= 4 is 11.7 Å². The van der Waals surface area contributed by atoms with Crippen molar-refractivity contribution in [3.05, 3.63) is 53.5 Å². The van der Waals surface area contributed by atoms with Crippen molar-refractivity contribution in [2.45, 2.75) is 32.7 Å². The molecule has 0 aliphatic heterocycles. The van der Waals surface area contributed by atoms with Crippen molar-refractivity contribution in [3.63, 3.8) is 0 Å². The maximum absolute atomic E-state index is 11.3. The lowest BCUT2D eigenvalue weighted by Gasteiger charge is -2.06. The average molecular weight is 287 g/mol. The zero-order valence-electron chi connectivity index (χ0n) is 12.5. The van der Waals surface area contributed by atoms with Gasteiger partial charge >= 0.3 is 5.97 Å². The number of hydrogen-bond acceptors (Lipinski definition) is 4. The summed E-state index contributed by atoms with van der Waals surface area (Å²) in [6, 6.07) is 10.1. The van der Waals surface area contributed by atoms with Crippen molar-refractivity contribution in [1.29, 1.82) is 0 Å². The second-order valence-corrected chi connectivity index (χ2v) is 4.95. The van der Waals surface area contributed by atoms with E-state index in [-0.39, 0.29) is 5.97 Å². The van der Waals surface area contributed by atoms with Crippen LogP contribution in [0.2, 0.25) is 0 Å². The number of nitrogens with one attached hydrogen (secondary N) is 1. The molecule has 0 atom stereocenters. The fraction of sp³-hybridized carbons (Fsp3) is 0.353. The van der Waals surface area contributed by atoms with Crippen LogP contribution >= 0.6 is 0 Å². The molecule has 1 aromatic heterocycles. The molecule has 21 heavy (non-hydrogen) atoms. The maximum Gasteiger partial charge on any atom is 0.341 e. The molecular weight excluding hydrogens is 266 g/mol. The van der Waals surface area contributed by atoms with Crippen LogP contribution in [0, 0.1) is 0 Å². The van der Waals surface area contributed by atoms with Crippen molar-refractivity contribution in [2.75, 3.05) is 12.4 Å². The topological polar surface area (TPSA) is 51.5 Å². The van der Waals surface area contributed by atoms with Crippen molar-refractivity contribution in [3.8, 4) is 0 Å². The smallest absolute Gasteiger partial charge is 0.341 e. The zero-order chi connectivity index (χ0) is 15.1. The summed E-state index contributed by atoms with van der Waals surface area (Å²) in [7, 11) is 1.35. The van der Waals surface area contributed by atoms with E-state index in [0.29, 0.717) is 17.9 Å². The third-order valence-corrected chi connectivity index (χ3v) is 3.31. The fourth-order valence-corrected chi connectivity index (χ4v) is 2.06. The van der Waals surface area contributed by atoms with Gasteiger partial charge in [0.15, 0.2) is 0 Å². The van der Waals surface area contributed by atoms with Gasteiger partial charge in [-0.05, 0) is 36.6 Å². The Hall–Kier alpha value is -2.23. The normalized spacial score (nSPS) is 10.4. The molecule has 0 bridgehead atoms. The summed E-state index contributed by atoms with van der Waals surface area (Å²) < 4.78 is 9.96. The number of rotatable bonds is 7. The van der Waals surface area contributed by atoms with E-state index in [1.54, 1.807) is 6.07 Å². The fourth-order valence-electron chi connectivity index (χ4n) is 2.06. The number of furan rings is 1. The van der Waals surface area contributed by atoms with Gasteiger partial charge < -0.3 is 14.5 Å². The zero-order valence-corrected chi connectivity index (χ0v) is 12.5. The summed E-state index contributed by atoms with van der Waals surface area (Å²) in [4.78, 5) is 11.3. The first-order valence-electron chi connectivity index (χ1n) is 7.21. The first-order chi connectivity index (χ1) is 10.2. The summed E-state index contributed by atoms with van der Waals surface area (Å²) >= 11 is 0. The highest BCUT2D eigenvalue weighted by molar-refractivity contribution is 5.88. The number of benzene rings is 1. The number of methoxy groups -OCH3 is 1. The van der Waals surface area contributed by atoms with E-state index in [1.165, 1.54) is 31.8 Å². The minimum absolute atomic E-state index is 0.384. The highest BCUT2D eigenvalue weighted by atomic mass is 16.5. The predicted octanol–water partition coefficient (Wildman–Crippen LogP) is 4.02. The Bertz CT molecular complexity index is 572. The van der Waals surface area contributed by atoms with Crippen LogP contribution in [0.5, 0.6) is 0 Å². The largest absolute Gasteiger partial charge is 0.467 e. The van der Waals surface area contributed by atoms with Crippen molar-refractivity contribution in [2.24, 2.45) is 0 Å². The van der Waals surface area contributed by atoms with Gasteiger partial charge in [-0.2, -0.15) is 0 Å². The van der Waals surface area contributed by atoms with Gasteiger partial charge in [-0.1, -0.05) is 25.5 Å². The van der Waals surface area contributed by atoms with E-state index in [1.807, 2.05) is 0 Å². The number of carbonyl (C=O) groups excluding carboxylic acids is 1. The summed E-state index contributed by atoms with van der Waals surface area (Å²) in [5, 5.41) is 3.27. The molecule has 1 N–H and O–H groups in total. The molecule has 0 aliphatic rings. The molecular formula is C17H21NO3. The van der Waals surface area contributed by atoms with Gasteiger partial charge in [-0.15, -0.1) is 0 Å². The molecule has 0 radical (unpaired) electrons. The lowest BCUT2D eigenvalue weighted by molar-refractivity contribution is 0.0600. The molecule has 0 saturated carbocycles. The molecule has 0 spiro atoms. The molecule has 0 aliphatic carbocycles. The number of unbranched alkanes of at least 4 members (excludes halogenated alkanes) is 1. The number of anilines is 1. The standard InChI is InChI=1S/C17H21NO3/c1-3-4-5-13-6-8-15(9-7-13)18-11-16-10-14(12-21-16)17(19)20-2/h6-10,12,18H,3-5,11H2,1-2H3. The third-order valence-electron chi connectivity index (χ3n) is 3.31. The molecule has 1 aromatic carbocycles. The van der Waals surface area contributed by atoms with Crippen LogP contribution in [-0.4, -0.2) is 13.1 Å². The van der Waals surface area contributed by atoms with Crippen molar-refractivity contribution in [1.82, 2.24) is 0 Å². The van der Waals surface area contributed by atoms with Gasteiger partial charge in [-0.25, -0.2) is 4.79 Å². The number of esters is 1. The Morgan fingerprint density at radius 2 is 2.05 bits per heavy atom. The van der Waals surface area contributed by atoms with Crippen LogP contribution in [0.4, 0.5) is 5.69 Å². The van der Waals surface area contributed by atoms with E-state index in [9.17, 15) is 4.79 Å². The Morgan fingerprint density at radius 3 is 2.71 bits per heavy atom. The van der Waals surface area contributed by atoms with Gasteiger partial charge in [0.25, 0.3) is 0 Å². The van der Waals surface area contributed by atoms with Crippen molar-refractivity contribution < 1.29 is 13.9 Å². The summed E-state index contributed by atoms with van der Waals surface area (Å²) in [6.07, 6.45) is 4.96. The van der Waals surface area contributed by atoms with Crippen LogP contribution in [0.15, 0.2) is 41.0 Å². The van der Waals surface area contributed by atoms with Crippen LogP contribution in [0.3, 0.4) is 0 Å². The predicted molar refractivity (Wildman–Crippen MR) is 82.4 cm³/mol. The van der Waals surface area contributed by atoms with E-state index in [0.717, 1.165) is 12.1 Å². The highest BCUT2D eigenvalue weighted by Gasteiger charge is 2.09. The van der Waals surface area contributed by atoms with Crippen LogP contribution < -0.4 is 5.32 Å². The van der Waals surface area contributed by atoms with E-state index < -0.39 is 0 Å². The average Bonchev–Trinajstić information content (AvgIpc) is 3.00. The maximum atomic E-state index is 11.3. The Labute approximate surface area is 125 Å². The third kappa shape index (κ3) is 4.38. The second kappa shape index (κ2) is 7.53. The van der Waals surface area contributed by atoms with Gasteiger partial charge in [-0.3, -0.25) is 0 Å². The minimum atomic E-state index is -0.384. The van der Waals surface area contributed by atoms with E-state index in [2.05, 4.69) is 41.2 Å². The first kappa shape index (κ1) is 15.2. The first-order valence-corrected chi connectivity index (χ1v) is 7.21. The second-order valence-electron chi connectivity index (χ2n) is 4.95. The molecule has 1 heterocycles. The summed E-state index contributed by atoms with van der Waals surface area (Å²) in [5.41, 5.74) is 2.82. The summed E-state index contributed by atoms with van der Waals surface area (Å²) in [6.45, 7) is 2.73. The lowest BCUT2D eigenvalue weighted by atomic mass is 10.1. The Morgan fingerprint density at radius 1 is 1.29 bits per heavy atom. The molecule has 0 amide bonds. The molecule has 2 rings (SSSR count). The van der Waals surface area contributed by atoms with Crippen LogP contribution in [-0.2, 0) is 17.7 Å². The highest BCUT2D eigenvalue weighted by Crippen LogP contribution is 2.14. The molecule has 2 aromatic rings. The Balaban J connectivity index is 1.87. The molecule has 0 fully saturated rings. The molecule has 112 valence electrons. The lowest BCUT2D eigenvalue weighted by Crippen LogP contribution is -2.00. The van der Waals surface area contributed by atoms with Crippen LogP contribution in [0.1, 0.15) is 41.4 Å². The minimum Gasteiger partial charge on any atom is -0.467 e. The number of ether oxygens (including phenoxy) is 1. The Kier molecular flexibility index (Phi) is 5.43. The number of hydrogen-bond donors (Lipinski definition) is 1. The van der Waals surface area contributed by atoms with Gasteiger partial charge in [0.1, 0.15) is 12.0 Å². The van der Waals surface area contributed by atoms with Gasteiger partial charge in [0.2, 0.25) is 0 Å². The quantitative estimate of drug-likeness (QED) is 0.781. The van der Waals surface area contributed by atoms with Crippen LogP contribution in [0.25, 0.3) is 0 Å². The number of carbonyl (C=O) groups is 1. The monoisotopic (exact) mass is 287 g/mol. The van der Waals surface area contributed by atoms with E-state index >= 15 is 0 Å². The van der Waals surface area contributed by atoms with E-state index in [4.69, 9.17) is 4.42 Å². The van der Waals surface area contributed by atoms with Gasteiger partial charge in [0, 0.05) is 5.69 Å². The summed E-state index contributed by atoms with van der Waals surface area (Å²) in [5.74, 6) is 0.315. The molecule has 4 heteroatoms. The molecule has 4 nitrogen and oxygen atoms in total. The van der Waals surface area contributed by atoms with Gasteiger partial charge in [0.05, 0.1) is 19.2 Å². The molecule has 0 saturated heterocycles. The molecule has 0 unspecified atom stereocenters. The SMILES string of the molecule is CCCCc1ccc(NCc2cc(C(=O)OC)co2)cc1. The number of aryl methyl sites for hydroxylation is 1.